The summed E-state index contributed by atoms with van der Waals surface area (Å²) in [7, 11) is 1.57. The lowest BCUT2D eigenvalue weighted by atomic mass is 10.2. The fourth-order valence-corrected chi connectivity index (χ4v) is 3.96. The van der Waals surface area contributed by atoms with Gasteiger partial charge in [0, 0.05) is 35.4 Å². The largest absolute Gasteiger partial charge is 0.493 e. The molecule has 3 aromatic rings. The van der Waals surface area contributed by atoms with E-state index in [0.717, 1.165) is 32.4 Å². The fraction of sp³-hybridized carbons (Fsp3) is 0.400. The molecule has 9 heteroatoms. The van der Waals surface area contributed by atoms with E-state index in [-0.39, 0.29) is 5.91 Å². The number of carbonyl (C=O) groups is 1. The first-order chi connectivity index (χ1) is 16.5. The number of carbonyl (C=O) groups excluding carboxylic acids is 1. The predicted octanol–water partition coefficient (Wildman–Crippen LogP) is 6.09. The van der Waals surface area contributed by atoms with Crippen LogP contribution in [0.4, 0.5) is 15.9 Å². The highest BCUT2D eigenvalue weighted by atomic mass is 79.9. The Bertz CT molecular complexity index is 1120. The molecule has 2 aromatic carbocycles. The quantitative estimate of drug-likeness (QED) is 0.284. The Morgan fingerprint density at radius 1 is 1.09 bits per heavy atom. The molecule has 0 aliphatic rings. The van der Waals surface area contributed by atoms with Crippen LogP contribution in [0, 0.1) is 5.82 Å². The van der Waals surface area contributed by atoms with E-state index < -0.39 is 5.82 Å². The lowest BCUT2D eigenvalue weighted by Crippen LogP contribution is -2.30. The molecule has 1 amide bonds. The molecule has 0 aliphatic heterocycles. The molecule has 0 saturated carbocycles. The standard InChI is InChI=1S/C25H30BrFN4O3/c1-4-31(5-2)24(32)9-7-6-8-12-34-23-15-21-18(14-22(23)33-3)25(29-16-28-21)30-20-11-10-17(26)13-19(20)27/h10-11,13-16H,4-9,12H2,1-3H3,(H,28,29,30). The Morgan fingerprint density at radius 2 is 1.88 bits per heavy atom. The van der Waals surface area contributed by atoms with Gasteiger partial charge in [0.15, 0.2) is 11.5 Å². The number of unbranched alkanes of at least 4 members (excludes halogenated alkanes) is 2. The van der Waals surface area contributed by atoms with E-state index in [1.807, 2.05) is 18.7 Å². The van der Waals surface area contributed by atoms with Gasteiger partial charge in [0.2, 0.25) is 5.91 Å². The minimum absolute atomic E-state index is 0.203. The van der Waals surface area contributed by atoms with Gasteiger partial charge in [-0.3, -0.25) is 4.79 Å². The third-order valence-electron chi connectivity index (χ3n) is 5.51. The van der Waals surface area contributed by atoms with Crippen LogP contribution in [-0.4, -0.2) is 47.6 Å². The van der Waals surface area contributed by atoms with Crippen molar-refractivity contribution in [2.75, 3.05) is 32.1 Å². The Hall–Kier alpha value is -2.94. The average molecular weight is 533 g/mol. The van der Waals surface area contributed by atoms with Crippen LogP contribution in [0.5, 0.6) is 11.5 Å². The number of hydrogen-bond donors (Lipinski definition) is 1. The summed E-state index contributed by atoms with van der Waals surface area (Å²) in [6.45, 7) is 5.99. The molecule has 7 nitrogen and oxygen atoms in total. The Kier molecular flexibility index (Phi) is 9.44. The van der Waals surface area contributed by atoms with Gasteiger partial charge >= 0.3 is 0 Å². The number of nitrogens with one attached hydrogen (secondary N) is 1. The minimum Gasteiger partial charge on any atom is -0.493 e. The lowest BCUT2D eigenvalue weighted by Gasteiger charge is -2.18. The van der Waals surface area contributed by atoms with Gasteiger partial charge in [-0.2, -0.15) is 0 Å². The molecule has 1 aromatic heterocycles. The second-order valence-electron chi connectivity index (χ2n) is 7.72. The van der Waals surface area contributed by atoms with Crippen LogP contribution >= 0.6 is 15.9 Å². The molecule has 1 N–H and O–H groups in total. The van der Waals surface area contributed by atoms with E-state index in [2.05, 4.69) is 31.2 Å². The Morgan fingerprint density at radius 3 is 2.59 bits per heavy atom. The summed E-state index contributed by atoms with van der Waals surface area (Å²) in [5.41, 5.74) is 0.956. The number of benzene rings is 2. The first-order valence-corrected chi connectivity index (χ1v) is 12.2. The summed E-state index contributed by atoms with van der Waals surface area (Å²) >= 11 is 3.26. The van der Waals surface area contributed by atoms with E-state index >= 15 is 0 Å². The molecule has 0 fully saturated rings. The highest BCUT2D eigenvalue weighted by molar-refractivity contribution is 9.10. The molecular weight excluding hydrogens is 503 g/mol. The van der Waals surface area contributed by atoms with Crippen molar-refractivity contribution in [3.05, 3.63) is 46.9 Å². The zero-order chi connectivity index (χ0) is 24.5. The highest BCUT2D eigenvalue weighted by Gasteiger charge is 2.14. The number of nitrogens with zero attached hydrogens (tertiary/aromatic N) is 3. The normalized spacial score (nSPS) is 10.9. The summed E-state index contributed by atoms with van der Waals surface area (Å²) in [6, 6.07) is 8.35. The van der Waals surface area contributed by atoms with E-state index in [0.29, 0.717) is 51.4 Å². The van der Waals surface area contributed by atoms with Crippen molar-refractivity contribution in [2.24, 2.45) is 0 Å². The van der Waals surface area contributed by atoms with Crippen molar-refractivity contribution in [1.82, 2.24) is 14.9 Å². The van der Waals surface area contributed by atoms with Gasteiger partial charge in [0.05, 0.1) is 24.9 Å². The molecule has 0 atom stereocenters. The van der Waals surface area contributed by atoms with Gasteiger partial charge in [-0.15, -0.1) is 0 Å². The summed E-state index contributed by atoms with van der Waals surface area (Å²) in [6.07, 6.45) is 4.55. The lowest BCUT2D eigenvalue weighted by molar-refractivity contribution is -0.130. The van der Waals surface area contributed by atoms with Crippen molar-refractivity contribution in [1.29, 1.82) is 0 Å². The van der Waals surface area contributed by atoms with Crippen molar-refractivity contribution in [3.63, 3.8) is 0 Å². The summed E-state index contributed by atoms with van der Waals surface area (Å²) in [5.74, 6) is 1.39. The third-order valence-corrected chi connectivity index (χ3v) is 6.01. The van der Waals surface area contributed by atoms with Gasteiger partial charge in [-0.05, 0) is 57.4 Å². The van der Waals surface area contributed by atoms with Crippen molar-refractivity contribution >= 4 is 44.2 Å². The monoisotopic (exact) mass is 532 g/mol. The van der Waals surface area contributed by atoms with Crippen molar-refractivity contribution in [3.8, 4) is 11.5 Å². The first kappa shape index (κ1) is 25.7. The van der Waals surface area contributed by atoms with Crippen molar-refractivity contribution < 1.29 is 18.7 Å². The molecule has 0 aliphatic carbocycles. The molecule has 0 bridgehead atoms. The molecule has 0 saturated heterocycles. The Balaban J connectivity index is 1.64. The maximum Gasteiger partial charge on any atom is 0.222 e. The third kappa shape index (κ3) is 6.56. The SMILES string of the molecule is CCN(CC)C(=O)CCCCCOc1cc2ncnc(Nc3ccc(Br)cc3F)c2cc1OC. The van der Waals surface area contributed by atoms with Gasteiger partial charge in [0.25, 0.3) is 0 Å². The van der Waals surface area contributed by atoms with Crippen LogP contribution in [0.25, 0.3) is 10.9 Å². The number of aromatic nitrogens is 2. The van der Waals surface area contributed by atoms with Crippen LogP contribution in [0.2, 0.25) is 0 Å². The first-order valence-electron chi connectivity index (χ1n) is 11.4. The van der Waals surface area contributed by atoms with E-state index in [9.17, 15) is 9.18 Å². The molecule has 0 radical (unpaired) electrons. The van der Waals surface area contributed by atoms with Crippen LogP contribution < -0.4 is 14.8 Å². The topological polar surface area (TPSA) is 76.6 Å². The molecule has 34 heavy (non-hydrogen) atoms. The van der Waals surface area contributed by atoms with Crippen LogP contribution in [0.15, 0.2) is 41.1 Å². The summed E-state index contributed by atoms with van der Waals surface area (Å²) in [5, 5.41) is 3.71. The molecule has 0 spiro atoms. The maximum absolute atomic E-state index is 14.3. The summed E-state index contributed by atoms with van der Waals surface area (Å²) in [4.78, 5) is 22.5. The number of rotatable bonds is 12. The number of amides is 1. The molecular formula is C25H30BrFN4O3. The average Bonchev–Trinajstić information content (AvgIpc) is 2.83. The molecule has 3 rings (SSSR count). The number of fused-ring (bicyclic) bond motifs is 1. The zero-order valence-corrected chi connectivity index (χ0v) is 21.3. The van der Waals surface area contributed by atoms with Crippen molar-refractivity contribution in [2.45, 2.75) is 39.5 Å². The zero-order valence-electron chi connectivity index (χ0n) is 19.7. The van der Waals surface area contributed by atoms with E-state index in [1.54, 1.807) is 31.4 Å². The van der Waals surface area contributed by atoms with Gasteiger partial charge < -0.3 is 19.7 Å². The molecule has 1 heterocycles. The van der Waals surface area contributed by atoms with E-state index in [4.69, 9.17) is 9.47 Å². The van der Waals surface area contributed by atoms with Crippen LogP contribution in [0.1, 0.15) is 39.5 Å². The highest BCUT2D eigenvalue weighted by Crippen LogP contribution is 2.35. The fourth-order valence-electron chi connectivity index (χ4n) is 3.63. The van der Waals surface area contributed by atoms with Gasteiger partial charge in [-0.1, -0.05) is 15.9 Å². The number of ether oxygens (including phenoxy) is 2. The van der Waals surface area contributed by atoms with Crippen LogP contribution in [-0.2, 0) is 4.79 Å². The maximum atomic E-state index is 14.3. The Labute approximate surface area is 207 Å². The second kappa shape index (κ2) is 12.5. The number of hydrogen-bond acceptors (Lipinski definition) is 6. The summed E-state index contributed by atoms with van der Waals surface area (Å²) < 4.78 is 26.4. The number of methoxy groups -OCH3 is 1. The molecule has 182 valence electrons. The van der Waals surface area contributed by atoms with Gasteiger partial charge in [-0.25, -0.2) is 14.4 Å². The van der Waals surface area contributed by atoms with Gasteiger partial charge in [0.1, 0.15) is 18.0 Å². The smallest absolute Gasteiger partial charge is 0.222 e. The second-order valence-corrected chi connectivity index (χ2v) is 8.63. The molecule has 0 unspecified atom stereocenters. The van der Waals surface area contributed by atoms with Crippen LogP contribution in [0.3, 0.4) is 0 Å². The minimum atomic E-state index is -0.396. The predicted molar refractivity (Wildman–Crippen MR) is 135 cm³/mol. The van der Waals surface area contributed by atoms with E-state index in [1.165, 1.54) is 12.4 Å². The number of halogens is 2. The number of anilines is 2.